The SMILES string of the molecule is C.CC.CC=O.CCCC(C)(CCC)NC.CCCc1cccc(OC(F)F)c1.CCc1ccc(F)cc1.Cc1ccc(C=O)cc1C. The third-order valence-corrected chi connectivity index (χ3v) is 6.86. The molecule has 0 fully saturated rings. The molecule has 0 aliphatic carbocycles. The van der Waals surface area contributed by atoms with E-state index in [0.29, 0.717) is 5.54 Å². The number of rotatable bonds is 11. The molecule has 3 aromatic carbocycles. The average Bonchev–Trinajstić information content (AvgIpc) is 3.05. The fourth-order valence-corrected chi connectivity index (χ4v) is 4.20. The van der Waals surface area contributed by atoms with Gasteiger partial charge in [-0.15, -0.1) is 0 Å². The van der Waals surface area contributed by atoms with Crippen LogP contribution in [-0.2, 0) is 17.6 Å². The Kier molecular flexibility index (Phi) is 35.8. The Morgan fingerprint density at radius 3 is 1.75 bits per heavy atom. The normalized spacial score (nSPS) is 9.48. The molecular formula is C41H66F3NO3. The highest BCUT2D eigenvalue weighted by molar-refractivity contribution is 5.75. The van der Waals surface area contributed by atoms with Gasteiger partial charge in [0.1, 0.15) is 24.1 Å². The molecule has 3 rings (SSSR count). The molecule has 0 heterocycles. The van der Waals surface area contributed by atoms with E-state index < -0.39 is 6.61 Å². The number of aryl methyl sites for hydroxylation is 4. The van der Waals surface area contributed by atoms with Crippen molar-refractivity contribution in [2.75, 3.05) is 7.05 Å². The molecule has 0 aromatic heterocycles. The number of nitrogens with one attached hydrogen (secondary N) is 1. The third kappa shape index (κ3) is 27.6. The molecule has 0 bridgehead atoms. The molecule has 48 heavy (non-hydrogen) atoms. The summed E-state index contributed by atoms with van der Waals surface area (Å²) in [5.74, 6) is 0.0770. The van der Waals surface area contributed by atoms with Gasteiger partial charge in [0.15, 0.2) is 0 Å². The number of carbonyl (C=O) groups excluding carboxylic acids is 2. The van der Waals surface area contributed by atoms with E-state index in [1.54, 1.807) is 24.3 Å². The van der Waals surface area contributed by atoms with Gasteiger partial charge in [0, 0.05) is 11.1 Å². The number of ether oxygens (including phenoxy) is 1. The van der Waals surface area contributed by atoms with Gasteiger partial charge in [-0.2, -0.15) is 8.78 Å². The number of carbonyl (C=O) groups is 2. The van der Waals surface area contributed by atoms with Crippen LogP contribution in [0.5, 0.6) is 5.75 Å². The molecule has 7 heteroatoms. The zero-order chi connectivity index (χ0) is 36.7. The first-order valence-corrected chi connectivity index (χ1v) is 16.8. The van der Waals surface area contributed by atoms with E-state index in [2.05, 4.69) is 37.9 Å². The molecule has 0 spiro atoms. The number of alkyl halides is 2. The zero-order valence-corrected chi connectivity index (χ0v) is 30.9. The first kappa shape index (κ1) is 51.4. The first-order valence-electron chi connectivity index (χ1n) is 16.8. The molecule has 0 amide bonds. The largest absolute Gasteiger partial charge is 0.435 e. The van der Waals surface area contributed by atoms with Crippen LogP contribution in [0.25, 0.3) is 0 Å². The lowest BCUT2D eigenvalue weighted by atomic mass is 9.91. The van der Waals surface area contributed by atoms with Crippen molar-refractivity contribution in [2.24, 2.45) is 0 Å². The van der Waals surface area contributed by atoms with E-state index in [4.69, 9.17) is 4.79 Å². The molecule has 0 aliphatic rings. The Balaban J connectivity index is -0.000000257. The van der Waals surface area contributed by atoms with Gasteiger partial charge in [0.2, 0.25) is 0 Å². The summed E-state index contributed by atoms with van der Waals surface area (Å²) in [4.78, 5) is 19.1. The van der Waals surface area contributed by atoms with Crippen molar-refractivity contribution < 1.29 is 27.5 Å². The van der Waals surface area contributed by atoms with Crippen LogP contribution in [0.15, 0.2) is 66.7 Å². The number of hydrogen-bond donors (Lipinski definition) is 1. The summed E-state index contributed by atoms with van der Waals surface area (Å²) in [7, 11) is 2.06. The number of aldehydes is 2. The van der Waals surface area contributed by atoms with Crippen LogP contribution in [0.3, 0.4) is 0 Å². The summed E-state index contributed by atoms with van der Waals surface area (Å²) in [5, 5.41) is 3.38. The van der Waals surface area contributed by atoms with Gasteiger partial charge < -0.3 is 14.8 Å². The third-order valence-electron chi connectivity index (χ3n) is 6.86. The van der Waals surface area contributed by atoms with Crippen molar-refractivity contribution in [3.05, 3.63) is 100 Å². The molecule has 3 aromatic rings. The highest BCUT2D eigenvalue weighted by Gasteiger charge is 2.18. The van der Waals surface area contributed by atoms with E-state index in [0.717, 1.165) is 43.0 Å². The molecule has 0 radical (unpaired) electrons. The van der Waals surface area contributed by atoms with Crippen molar-refractivity contribution in [1.29, 1.82) is 0 Å². The Hall–Kier alpha value is -3.45. The van der Waals surface area contributed by atoms with E-state index in [-0.39, 0.29) is 19.0 Å². The van der Waals surface area contributed by atoms with Crippen molar-refractivity contribution in [2.45, 2.75) is 134 Å². The smallest absolute Gasteiger partial charge is 0.387 e. The summed E-state index contributed by atoms with van der Waals surface area (Å²) >= 11 is 0. The van der Waals surface area contributed by atoms with Crippen LogP contribution in [0, 0.1) is 19.7 Å². The monoisotopic (exact) mass is 677 g/mol. The van der Waals surface area contributed by atoms with Crippen molar-refractivity contribution in [3.63, 3.8) is 0 Å². The minimum absolute atomic E-state index is 0. The molecule has 0 saturated heterocycles. The Morgan fingerprint density at radius 2 is 1.35 bits per heavy atom. The minimum Gasteiger partial charge on any atom is -0.435 e. The lowest BCUT2D eigenvalue weighted by Crippen LogP contribution is -2.39. The summed E-state index contributed by atoms with van der Waals surface area (Å²) in [5.41, 5.74) is 5.75. The minimum atomic E-state index is -2.74. The molecule has 0 atom stereocenters. The molecule has 1 N–H and O–H groups in total. The number of benzene rings is 3. The predicted octanol–water partition coefficient (Wildman–Crippen LogP) is 12.2. The highest BCUT2D eigenvalue weighted by atomic mass is 19.3. The van der Waals surface area contributed by atoms with E-state index in [1.807, 2.05) is 65.8 Å². The zero-order valence-electron chi connectivity index (χ0n) is 30.9. The van der Waals surface area contributed by atoms with Crippen molar-refractivity contribution in [3.8, 4) is 5.75 Å². The predicted molar refractivity (Wildman–Crippen MR) is 201 cm³/mol. The molecule has 4 nitrogen and oxygen atoms in total. The lowest BCUT2D eigenvalue weighted by Gasteiger charge is -2.28. The van der Waals surface area contributed by atoms with Gasteiger partial charge in [-0.3, -0.25) is 4.79 Å². The van der Waals surface area contributed by atoms with Gasteiger partial charge in [-0.25, -0.2) is 4.39 Å². The second-order valence-electron chi connectivity index (χ2n) is 10.8. The van der Waals surface area contributed by atoms with Crippen LogP contribution in [-0.4, -0.2) is 31.8 Å². The van der Waals surface area contributed by atoms with Gasteiger partial charge in [0.25, 0.3) is 0 Å². The molecule has 0 saturated carbocycles. The number of hydrogen-bond acceptors (Lipinski definition) is 4. The van der Waals surface area contributed by atoms with Crippen LogP contribution >= 0.6 is 0 Å². The maximum absolute atomic E-state index is 12.2. The summed E-state index contributed by atoms with van der Waals surface area (Å²) < 4.78 is 40.1. The Bertz CT molecular complexity index is 1160. The van der Waals surface area contributed by atoms with E-state index >= 15 is 0 Å². The van der Waals surface area contributed by atoms with Crippen molar-refractivity contribution in [1.82, 2.24) is 5.32 Å². The molecular weight excluding hydrogens is 611 g/mol. The average molecular weight is 678 g/mol. The van der Waals surface area contributed by atoms with Gasteiger partial charge in [-0.1, -0.05) is 105 Å². The van der Waals surface area contributed by atoms with E-state index in [9.17, 15) is 18.0 Å². The van der Waals surface area contributed by atoms with Crippen LogP contribution in [0.4, 0.5) is 13.2 Å². The van der Waals surface area contributed by atoms with Crippen LogP contribution < -0.4 is 10.1 Å². The van der Waals surface area contributed by atoms with Crippen LogP contribution in [0.1, 0.15) is 128 Å². The quantitative estimate of drug-likeness (QED) is 0.205. The van der Waals surface area contributed by atoms with Gasteiger partial charge in [-0.05, 0) is 113 Å². The summed E-state index contributed by atoms with van der Waals surface area (Å²) in [6.07, 6.45) is 9.61. The maximum atomic E-state index is 12.2. The first-order chi connectivity index (χ1) is 22.4. The van der Waals surface area contributed by atoms with Gasteiger partial charge >= 0.3 is 6.61 Å². The highest BCUT2D eigenvalue weighted by Crippen LogP contribution is 2.18. The summed E-state index contributed by atoms with van der Waals surface area (Å²) in [6.45, 7) is 17.6. The fourth-order valence-electron chi connectivity index (χ4n) is 4.20. The van der Waals surface area contributed by atoms with Gasteiger partial charge in [0.05, 0.1) is 0 Å². The maximum Gasteiger partial charge on any atom is 0.387 e. The number of halogens is 3. The molecule has 0 aliphatic heterocycles. The second-order valence-corrected chi connectivity index (χ2v) is 10.8. The standard InChI is InChI=1S/C10H12F2O.C9H21N.C9H10O.C8H9F.C2H4O.C2H6.CH4/c1-2-4-8-5-3-6-9(7-8)13-10(11)12;1-5-7-9(3,10-4)8-6-2;1-7-3-4-9(6-10)5-8(7)2;1-2-7-3-5-8(9)6-4-7;1-2-3;1-2;/h3,5-7,10H,2,4H2,1H3;10H,5-8H2,1-4H3;3-6H,1-2H3;3-6H,2H2,1H3;2H,1H3;1-2H3;1H4. The Labute approximate surface area is 291 Å². The second kappa shape index (κ2) is 33.5. The Morgan fingerprint density at radius 1 is 0.812 bits per heavy atom. The molecule has 0 unspecified atom stereocenters. The van der Waals surface area contributed by atoms with Crippen molar-refractivity contribution >= 4 is 12.6 Å². The van der Waals surface area contributed by atoms with Crippen LogP contribution in [0.2, 0.25) is 0 Å². The lowest BCUT2D eigenvalue weighted by molar-refractivity contribution is -0.106. The summed E-state index contributed by atoms with van der Waals surface area (Å²) in [6, 6.07) is 19.1. The topological polar surface area (TPSA) is 55.4 Å². The molecule has 274 valence electrons. The van der Waals surface area contributed by atoms with E-state index in [1.165, 1.54) is 67.5 Å². The fraction of sp³-hybridized carbons (Fsp3) is 0.512.